The number of rotatable bonds is 12. The molecule has 0 saturated carbocycles. The van der Waals surface area contributed by atoms with Gasteiger partial charge in [0.2, 0.25) is 11.8 Å². The van der Waals surface area contributed by atoms with Gasteiger partial charge >= 0.3 is 0 Å². The first kappa shape index (κ1) is 32.0. The second-order valence-corrected chi connectivity index (χ2v) is 12.9. The third-order valence-electron chi connectivity index (χ3n) is 6.40. The van der Waals surface area contributed by atoms with Crippen molar-refractivity contribution in [3.8, 4) is 5.75 Å². The Morgan fingerprint density at radius 1 is 0.976 bits per heavy atom. The standard InChI is InChI=1S/C31H38ClN3O5S/c1-6-27(30(37)33-31(2,3)4)34(20-19-23-13-9-7-10-14-23)29(36)22-35(24-17-18-28(40-5)26(32)21-24)41(38,39)25-15-11-8-12-16-25/h7-18,21,27H,6,19-20,22H2,1-5H3,(H,33,37)/t27-/m0/s1. The maximum absolute atomic E-state index is 14.1. The monoisotopic (exact) mass is 599 g/mol. The van der Waals surface area contributed by atoms with Crippen LogP contribution in [0.2, 0.25) is 5.02 Å². The number of anilines is 1. The number of ether oxygens (including phenoxy) is 1. The van der Waals surface area contributed by atoms with Gasteiger partial charge < -0.3 is 15.0 Å². The normalized spacial score (nSPS) is 12.3. The molecular formula is C31H38ClN3O5S. The summed E-state index contributed by atoms with van der Waals surface area (Å²) >= 11 is 6.37. The van der Waals surface area contributed by atoms with Crippen LogP contribution in [0.5, 0.6) is 5.75 Å². The Labute approximate surface area is 248 Å². The van der Waals surface area contributed by atoms with E-state index in [1.807, 2.05) is 58.0 Å². The molecule has 41 heavy (non-hydrogen) atoms. The number of nitrogens with one attached hydrogen (secondary N) is 1. The fraction of sp³-hybridized carbons (Fsp3) is 0.355. The van der Waals surface area contributed by atoms with Gasteiger partial charge in [-0.05, 0) is 69.5 Å². The lowest BCUT2D eigenvalue weighted by Gasteiger charge is -2.34. The Bertz CT molecular complexity index is 1430. The Morgan fingerprint density at radius 3 is 2.12 bits per heavy atom. The molecule has 220 valence electrons. The van der Waals surface area contributed by atoms with Crippen LogP contribution in [-0.4, -0.2) is 56.9 Å². The molecule has 0 unspecified atom stereocenters. The van der Waals surface area contributed by atoms with Crippen LogP contribution in [0.3, 0.4) is 0 Å². The van der Waals surface area contributed by atoms with Gasteiger partial charge in [-0.15, -0.1) is 0 Å². The molecule has 3 rings (SSSR count). The quantitative estimate of drug-likeness (QED) is 0.304. The van der Waals surface area contributed by atoms with E-state index < -0.39 is 34.1 Å². The lowest BCUT2D eigenvalue weighted by Crippen LogP contribution is -2.56. The molecule has 0 heterocycles. The van der Waals surface area contributed by atoms with Crippen molar-refractivity contribution in [1.29, 1.82) is 0 Å². The van der Waals surface area contributed by atoms with E-state index >= 15 is 0 Å². The summed E-state index contributed by atoms with van der Waals surface area (Å²) in [7, 11) is -2.72. The number of hydrogen-bond donors (Lipinski definition) is 1. The number of amides is 2. The number of benzene rings is 3. The number of carbonyl (C=O) groups excluding carboxylic acids is 2. The highest BCUT2D eigenvalue weighted by molar-refractivity contribution is 7.92. The minimum absolute atomic E-state index is 0.0214. The lowest BCUT2D eigenvalue weighted by molar-refractivity contribution is -0.140. The zero-order valence-corrected chi connectivity index (χ0v) is 25.7. The van der Waals surface area contributed by atoms with Crippen LogP contribution in [0.4, 0.5) is 5.69 Å². The summed E-state index contributed by atoms with van der Waals surface area (Å²) in [6.07, 6.45) is 0.841. The van der Waals surface area contributed by atoms with E-state index in [2.05, 4.69) is 5.32 Å². The highest BCUT2D eigenvalue weighted by Crippen LogP contribution is 2.32. The molecular weight excluding hydrogens is 562 g/mol. The molecule has 0 saturated heterocycles. The van der Waals surface area contributed by atoms with Crippen molar-refractivity contribution in [2.24, 2.45) is 0 Å². The van der Waals surface area contributed by atoms with Crippen molar-refractivity contribution >= 4 is 39.1 Å². The van der Waals surface area contributed by atoms with Crippen molar-refractivity contribution in [2.45, 2.75) is 57.0 Å². The largest absolute Gasteiger partial charge is 0.495 e. The summed E-state index contributed by atoms with van der Waals surface area (Å²) in [6, 6.07) is 21.2. The molecule has 1 N–H and O–H groups in total. The zero-order chi connectivity index (χ0) is 30.2. The number of halogens is 1. The molecule has 0 bridgehead atoms. The summed E-state index contributed by atoms with van der Waals surface area (Å²) < 4.78 is 34.1. The van der Waals surface area contributed by atoms with Crippen LogP contribution in [0.15, 0.2) is 83.8 Å². The van der Waals surface area contributed by atoms with E-state index in [-0.39, 0.29) is 28.1 Å². The van der Waals surface area contributed by atoms with Gasteiger partial charge in [-0.2, -0.15) is 0 Å². The predicted molar refractivity (Wildman–Crippen MR) is 163 cm³/mol. The Balaban J connectivity index is 2.04. The second-order valence-electron chi connectivity index (χ2n) is 10.6. The lowest BCUT2D eigenvalue weighted by atomic mass is 10.1. The summed E-state index contributed by atoms with van der Waals surface area (Å²) in [5, 5.41) is 3.17. The molecule has 0 aromatic heterocycles. The molecule has 3 aromatic carbocycles. The fourth-order valence-corrected chi connectivity index (χ4v) is 6.09. The number of hydrogen-bond acceptors (Lipinski definition) is 5. The molecule has 0 radical (unpaired) electrons. The first-order valence-electron chi connectivity index (χ1n) is 13.4. The number of sulfonamides is 1. The third-order valence-corrected chi connectivity index (χ3v) is 8.49. The summed E-state index contributed by atoms with van der Waals surface area (Å²) in [4.78, 5) is 29.0. The second kappa shape index (κ2) is 13.9. The van der Waals surface area contributed by atoms with Crippen molar-refractivity contribution < 1.29 is 22.7 Å². The van der Waals surface area contributed by atoms with E-state index in [9.17, 15) is 18.0 Å². The maximum Gasteiger partial charge on any atom is 0.264 e. The molecule has 2 amide bonds. The van der Waals surface area contributed by atoms with Crippen LogP contribution >= 0.6 is 11.6 Å². The van der Waals surface area contributed by atoms with Crippen LogP contribution in [0, 0.1) is 0 Å². The molecule has 0 fully saturated rings. The fourth-order valence-electron chi connectivity index (χ4n) is 4.41. The topological polar surface area (TPSA) is 96.0 Å². The van der Waals surface area contributed by atoms with Gasteiger partial charge in [0.05, 0.1) is 22.7 Å². The first-order valence-corrected chi connectivity index (χ1v) is 15.3. The van der Waals surface area contributed by atoms with Gasteiger partial charge in [-0.1, -0.05) is 67.1 Å². The average Bonchev–Trinajstić information content (AvgIpc) is 2.93. The van der Waals surface area contributed by atoms with Crippen LogP contribution < -0.4 is 14.4 Å². The Kier molecular flexibility index (Phi) is 10.8. The molecule has 0 spiro atoms. The summed E-state index contributed by atoms with van der Waals surface area (Å²) in [6.45, 7) is 7.13. The third kappa shape index (κ3) is 8.47. The van der Waals surface area contributed by atoms with Crippen molar-refractivity contribution in [3.63, 3.8) is 0 Å². The van der Waals surface area contributed by atoms with Gasteiger partial charge in [0.1, 0.15) is 18.3 Å². The number of carbonyl (C=O) groups is 2. The molecule has 8 nitrogen and oxygen atoms in total. The van der Waals surface area contributed by atoms with Gasteiger partial charge in [-0.25, -0.2) is 8.42 Å². The van der Waals surface area contributed by atoms with Crippen LogP contribution in [-0.2, 0) is 26.0 Å². The van der Waals surface area contributed by atoms with E-state index in [0.717, 1.165) is 9.87 Å². The molecule has 3 aromatic rings. The average molecular weight is 600 g/mol. The van der Waals surface area contributed by atoms with E-state index in [4.69, 9.17) is 16.3 Å². The zero-order valence-electron chi connectivity index (χ0n) is 24.1. The summed E-state index contributed by atoms with van der Waals surface area (Å²) in [5.74, 6) is -0.442. The molecule has 0 aliphatic carbocycles. The smallest absolute Gasteiger partial charge is 0.264 e. The van der Waals surface area contributed by atoms with Gasteiger partial charge in [0, 0.05) is 12.1 Å². The Hall–Kier alpha value is -3.56. The molecule has 10 heteroatoms. The maximum atomic E-state index is 14.1. The van der Waals surface area contributed by atoms with Crippen molar-refractivity contribution in [1.82, 2.24) is 10.2 Å². The molecule has 0 aliphatic heterocycles. The van der Waals surface area contributed by atoms with Crippen molar-refractivity contribution in [2.75, 3.05) is 24.5 Å². The number of nitrogens with zero attached hydrogens (tertiary/aromatic N) is 2. The van der Waals surface area contributed by atoms with E-state index in [1.165, 1.54) is 36.3 Å². The Morgan fingerprint density at radius 2 is 1.59 bits per heavy atom. The minimum atomic E-state index is -4.18. The highest BCUT2D eigenvalue weighted by Gasteiger charge is 2.34. The van der Waals surface area contributed by atoms with Crippen molar-refractivity contribution in [3.05, 3.63) is 89.4 Å². The molecule has 1 atom stereocenters. The highest BCUT2D eigenvalue weighted by atomic mass is 35.5. The SMILES string of the molecule is CC[C@@H](C(=O)NC(C)(C)C)N(CCc1ccccc1)C(=O)CN(c1ccc(OC)c(Cl)c1)S(=O)(=O)c1ccccc1. The van der Waals surface area contributed by atoms with Gasteiger partial charge in [0.15, 0.2) is 0 Å². The van der Waals surface area contributed by atoms with Crippen LogP contribution in [0.1, 0.15) is 39.7 Å². The van der Waals surface area contributed by atoms with E-state index in [1.54, 1.807) is 24.3 Å². The minimum Gasteiger partial charge on any atom is -0.495 e. The van der Waals surface area contributed by atoms with Crippen LogP contribution in [0.25, 0.3) is 0 Å². The molecule has 0 aliphatic rings. The predicted octanol–water partition coefficient (Wildman–Crippen LogP) is 5.31. The first-order chi connectivity index (χ1) is 19.4. The van der Waals surface area contributed by atoms with Gasteiger partial charge in [-0.3, -0.25) is 13.9 Å². The number of methoxy groups -OCH3 is 1. The van der Waals surface area contributed by atoms with E-state index in [0.29, 0.717) is 18.6 Å². The van der Waals surface area contributed by atoms with Gasteiger partial charge in [0.25, 0.3) is 10.0 Å². The summed E-state index contributed by atoms with van der Waals surface area (Å²) in [5.41, 5.74) is 0.677.